The summed E-state index contributed by atoms with van der Waals surface area (Å²) in [5, 5.41) is 2.60. The highest BCUT2D eigenvalue weighted by atomic mass is 16.6. The van der Waals surface area contributed by atoms with Crippen LogP contribution in [0, 0.1) is 0 Å². The molecule has 2 aromatic rings. The summed E-state index contributed by atoms with van der Waals surface area (Å²) >= 11 is 0. The number of fused-ring (bicyclic) bond motifs is 3. The van der Waals surface area contributed by atoms with Crippen molar-refractivity contribution in [3.8, 4) is 11.1 Å². The monoisotopic (exact) mass is 353 g/mol. The van der Waals surface area contributed by atoms with Gasteiger partial charge >= 0.3 is 12.1 Å². The zero-order chi connectivity index (χ0) is 18.5. The number of ether oxygens (including phenoxy) is 2. The molecular weight excluding hydrogens is 330 g/mol. The van der Waals surface area contributed by atoms with Gasteiger partial charge in [-0.05, 0) is 28.7 Å². The van der Waals surface area contributed by atoms with E-state index in [4.69, 9.17) is 9.47 Å². The highest BCUT2D eigenvalue weighted by Crippen LogP contribution is 2.44. The molecule has 0 aromatic heterocycles. The maximum Gasteiger partial charge on any atom is 0.407 e. The molecule has 0 fully saturated rings. The van der Waals surface area contributed by atoms with E-state index < -0.39 is 18.1 Å². The lowest BCUT2D eigenvalue weighted by Gasteiger charge is -2.18. The Kier molecular flexibility index (Phi) is 5.56. The molecule has 136 valence electrons. The molecule has 26 heavy (non-hydrogen) atoms. The molecule has 2 aromatic carbocycles. The lowest BCUT2D eigenvalue weighted by Crippen LogP contribution is -2.42. The summed E-state index contributed by atoms with van der Waals surface area (Å²) in [6, 6.07) is 15.6. The first kappa shape index (κ1) is 18.0. The Balaban J connectivity index is 1.70. The second kappa shape index (κ2) is 8.04. The van der Waals surface area contributed by atoms with E-state index in [0.29, 0.717) is 6.42 Å². The Labute approximate surface area is 153 Å². The summed E-state index contributed by atoms with van der Waals surface area (Å²) in [4.78, 5) is 23.9. The average molecular weight is 353 g/mol. The van der Waals surface area contributed by atoms with Crippen molar-refractivity contribution in [2.45, 2.75) is 31.7 Å². The fourth-order valence-electron chi connectivity index (χ4n) is 3.46. The molecule has 0 saturated heterocycles. The topological polar surface area (TPSA) is 64.6 Å². The number of alkyl carbamates (subject to hydrolysis) is 1. The predicted molar refractivity (Wildman–Crippen MR) is 98.9 cm³/mol. The lowest BCUT2D eigenvalue weighted by atomic mass is 9.98. The Bertz CT molecular complexity index is 757. The molecule has 0 heterocycles. The number of methoxy groups -OCH3 is 1. The number of hydrogen-bond acceptors (Lipinski definition) is 4. The summed E-state index contributed by atoms with van der Waals surface area (Å²) in [5.74, 6) is -0.462. The number of hydrogen-bond donors (Lipinski definition) is 1. The third-order valence-corrected chi connectivity index (χ3v) is 4.70. The molecule has 1 amide bonds. The Morgan fingerprint density at radius 3 is 2.15 bits per heavy atom. The van der Waals surface area contributed by atoms with Crippen LogP contribution in [0.2, 0.25) is 0 Å². The van der Waals surface area contributed by atoms with Crippen molar-refractivity contribution in [2.24, 2.45) is 0 Å². The third kappa shape index (κ3) is 3.57. The maximum absolute atomic E-state index is 12.2. The molecule has 0 radical (unpaired) electrons. The molecule has 5 nitrogen and oxygen atoms in total. The molecule has 1 aliphatic rings. The summed E-state index contributed by atoms with van der Waals surface area (Å²) in [6.45, 7) is 2.16. The molecule has 0 spiro atoms. The van der Waals surface area contributed by atoms with Gasteiger partial charge in [0.2, 0.25) is 0 Å². The first-order chi connectivity index (χ1) is 12.7. The van der Waals surface area contributed by atoms with Crippen LogP contribution in [0.25, 0.3) is 11.1 Å². The van der Waals surface area contributed by atoms with Crippen molar-refractivity contribution in [1.29, 1.82) is 0 Å². The number of carbonyl (C=O) groups is 2. The van der Waals surface area contributed by atoms with Gasteiger partial charge in [-0.2, -0.15) is 0 Å². The van der Waals surface area contributed by atoms with Crippen molar-refractivity contribution in [2.75, 3.05) is 13.7 Å². The van der Waals surface area contributed by atoms with E-state index >= 15 is 0 Å². The van der Waals surface area contributed by atoms with Crippen LogP contribution >= 0.6 is 0 Å². The van der Waals surface area contributed by atoms with Crippen LogP contribution in [0.1, 0.15) is 36.8 Å². The number of nitrogens with one attached hydrogen (secondary N) is 1. The molecule has 1 N–H and O–H groups in total. The summed E-state index contributed by atoms with van der Waals surface area (Å²) in [6.07, 6.45) is 0.663. The number of esters is 1. The van der Waals surface area contributed by atoms with E-state index in [1.54, 1.807) is 0 Å². The van der Waals surface area contributed by atoms with Crippen LogP contribution in [0.3, 0.4) is 0 Å². The molecule has 1 unspecified atom stereocenters. The van der Waals surface area contributed by atoms with Gasteiger partial charge in [-0.3, -0.25) is 0 Å². The fourth-order valence-corrected chi connectivity index (χ4v) is 3.46. The van der Waals surface area contributed by atoms with Gasteiger partial charge in [-0.1, -0.05) is 61.9 Å². The lowest BCUT2D eigenvalue weighted by molar-refractivity contribution is -0.143. The van der Waals surface area contributed by atoms with Gasteiger partial charge in [0.1, 0.15) is 12.6 Å². The minimum Gasteiger partial charge on any atom is -0.467 e. The van der Waals surface area contributed by atoms with Crippen LogP contribution in [-0.2, 0) is 14.3 Å². The normalized spacial score (nSPS) is 13.5. The summed E-state index contributed by atoms with van der Waals surface area (Å²) in [7, 11) is 1.31. The van der Waals surface area contributed by atoms with Gasteiger partial charge in [0.25, 0.3) is 0 Å². The number of carbonyl (C=O) groups excluding carboxylic acids is 2. The molecule has 1 atom stereocenters. The summed E-state index contributed by atoms with van der Waals surface area (Å²) < 4.78 is 10.2. The van der Waals surface area contributed by atoms with Crippen LogP contribution in [0.5, 0.6) is 0 Å². The van der Waals surface area contributed by atoms with Crippen molar-refractivity contribution >= 4 is 12.1 Å². The van der Waals surface area contributed by atoms with Crippen molar-refractivity contribution < 1.29 is 19.1 Å². The number of rotatable bonds is 6. The highest BCUT2D eigenvalue weighted by molar-refractivity contribution is 5.81. The number of amides is 1. The first-order valence-corrected chi connectivity index (χ1v) is 8.85. The van der Waals surface area contributed by atoms with E-state index in [1.807, 2.05) is 31.2 Å². The van der Waals surface area contributed by atoms with Crippen molar-refractivity contribution in [3.05, 3.63) is 59.7 Å². The van der Waals surface area contributed by atoms with Crippen molar-refractivity contribution in [1.82, 2.24) is 5.32 Å². The first-order valence-electron chi connectivity index (χ1n) is 8.85. The molecule has 1 aliphatic carbocycles. The molecule has 3 rings (SSSR count). The predicted octanol–water partition coefficient (Wildman–Crippen LogP) is 3.87. The van der Waals surface area contributed by atoms with Gasteiger partial charge in [0.15, 0.2) is 0 Å². The average Bonchev–Trinajstić information content (AvgIpc) is 2.99. The zero-order valence-electron chi connectivity index (χ0n) is 15.0. The van der Waals surface area contributed by atoms with Crippen molar-refractivity contribution in [3.63, 3.8) is 0 Å². The van der Waals surface area contributed by atoms with Crippen LogP contribution in [0.4, 0.5) is 4.79 Å². The van der Waals surface area contributed by atoms with E-state index in [1.165, 1.54) is 18.2 Å². The van der Waals surface area contributed by atoms with Crippen LogP contribution < -0.4 is 5.32 Å². The van der Waals surface area contributed by atoms with Crippen LogP contribution in [0.15, 0.2) is 48.5 Å². The van der Waals surface area contributed by atoms with Gasteiger partial charge in [-0.25, -0.2) is 9.59 Å². The minimum absolute atomic E-state index is 0.00379. The molecule has 0 aliphatic heterocycles. The van der Waals surface area contributed by atoms with E-state index in [9.17, 15) is 9.59 Å². The fraction of sp³-hybridized carbons (Fsp3) is 0.333. The quantitative estimate of drug-likeness (QED) is 0.801. The third-order valence-electron chi connectivity index (χ3n) is 4.70. The second-order valence-corrected chi connectivity index (χ2v) is 6.33. The Morgan fingerprint density at radius 1 is 1.04 bits per heavy atom. The van der Waals surface area contributed by atoms with Gasteiger partial charge in [-0.15, -0.1) is 0 Å². The van der Waals surface area contributed by atoms with Gasteiger partial charge in [0, 0.05) is 5.92 Å². The van der Waals surface area contributed by atoms with E-state index in [0.717, 1.165) is 17.5 Å². The second-order valence-electron chi connectivity index (χ2n) is 6.33. The van der Waals surface area contributed by atoms with Gasteiger partial charge in [0.05, 0.1) is 7.11 Å². The Hall–Kier alpha value is -2.82. The Morgan fingerprint density at radius 2 is 1.62 bits per heavy atom. The SMILES string of the molecule is CCCC(NC(=O)OCC1c2ccccc2-c2ccccc21)C(=O)OC. The zero-order valence-corrected chi connectivity index (χ0v) is 15.0. The standard InChI is InChI=1S/C21H23NO4/c1-3-8-19(20(23)25-2)22-21(24)26-13-18-16-11-6-4-9-14(16)15-10-5-7-12-17(15)18/h4-7,9-12,18-19H,3,8,13H2,1-2H3,(H,22,24). The largest absolute Gasteiger partial charge is 0.467 e. The molecule has 0 bridgehead atoms. The molecule has 5 heteroatoms. The molecular formula is C21H23NO4. The highest BCUT2D eigenvalue weighted by Gasteiger charge is 2.29. The molecule has 0 saturated carbocycles. The van der Waals surface area contributed by atoms with E-state index in [-0.39, 0.29) is 12.5 Å². The minimum atomic E-state index is -0.680. The van der Waals surface area contributed by atoms with E-state index in [2.05, 4.69) is 29.6 Å². The van der Waals surface area contributed by atoms with Crippen LogP contribution in [-0.4, -0.2) is 31.8 Å². The summed E-state index contributed by atoms with van der Waals surface area (Å²) in [5.41, 5.74) is 4.66. The smallest absolute Gasteiger partial charge is 0.407 e. The maximum atomic E-state index is 12.2. The van der Waals surface area contributed by atoms with Gasteiger partial charge < -0.3 is 14.8 Å². The number of benzene rings is 2.